The second-order valence-corrected chi connectivity index (χ2v) is 7.27. The van der Waals surface area contributed by atoms with Crippen LogP contribution in [-0.2, 0) is 14.4 Å². The summed E-state index contributed by atoms with van der Waals surface area (Å²) in [7, 11) is 0. The standard InChI is InChI=1S/C17H18F2N2O3S/c18-17(19)25-11-7-5-10(6-8-11)20-14(22)9-21-15(23)12-3-1-2-4-13(12)16(21)24/h5-8,12-13,17H,1-4,9H2,(H,20,22). The fraction of sp³-hybridized carbons (Fsp3) is 0.471. The quantitative estimate of drug-likeness (QED) is 0.641. The Morgan fingerprint density at radius 3 is 2.20 bits per heavy atom. The second kappa shape index (κ2) is 7.51. The van der Waals surface area contributed by atoms with Crippen LogP contribution in [0.5, 0.6) is 0 Å². The number of nitrogens with zero attached hydrogens (tertiary/aromatic N) is 1. The normalized spacial score (nSPS) is 23.1. The van der Waals surface area contributed by atoms with Crippen molar-refractivity contribution in [3.8, 4) is 0 Å². The fourth-order valence-electron chi connectivity index (χ4n) is 3.45. The van der Waals surface area contributed by atoms with Crippen LogP contribution in [0.2, 0.25) is 0 Å². The predicted molar refractivity (Wildman–Crippen MR) is 89.1 cm³/mol. The molecule has 1 saturated heterocycles. The van der Waals surface area contributed by atoms with Crippen LogP contribution in [0.3, 0.4) is 0 Å². The van der Waals surface area contributed by atoms with E-state index in [0.717, 1.165) is 17.7 Å². The van der Waals surface area contributed by atoms with Gasteiger partial charge in [-0.05, 0) is 37.1 Å². The highest BCUT2D eigenvalue weighted by molar-refractivity contribution is 7.99. The first kappa shape index (κ1) is 17.8. The number of thioether (sulfide) groups is 1. The summed E-state index contributed by atoms with van der Waals surface area (Å²) >= 11 is 0.421. The van der Waals surface area contributed by atoms with Crippen LogP contribution < -0.4 is 5.32 Å². The van der Waals surface area contributed by atoms with Gasteiger partial charge in [0.2, 0.25) is 17.7 Å². The predicted octanol–water partition coefficient (Wildman–Crippen LogP) is 3.12. The monoisotopic (exact) mass is 368 g/mol. The van der Waals surface area contributed by atoms with Gasteiger partial charge in [-0.1, -0.05) is 24.6 Å². The summed E-state index contributed by atoms with van der Waals surface area (Å²) in [6, 6.07) is 5.98. The average Bonchev–Trinajstić information content (AvgIpc) is 2.82. The summed E-state index contributed by atoms with van der Waals surface area (Å²) in [5.41, 5.74) is 0.431. The van der Waals surface area contributed by atoms with Crippen molar-refractivity contribution in [2.75, 3.05) is 11.9 Å². The van der Waals surface area contributed by atoms with Crippen molar-refractivity contribution in [2.24, 2.45) is 11.8 Å². The van der Waals surface area contributed by atoms with Crippen LogP contribution >= 0.6 is 11.8 Å². The summed E-state index contributed by atoms with van der Waals surface area (Å²) < 4.78 is 24.6. The lowest BCUT2D eigenvalue weighted by molar-refractivity contribution is -0.142. The topological polar surface area (TPSA) is 66.5 Å². The molecule has 1 aromatic rings. The van der Waals surface area contributed by atoms with E-state index < -0.39 is 11.7 Å². The van der Waals surface area contributed by atoms with Crippen LogP contribution in [0.1, 0.15) is 25.7 Å². The van der Waals surface area contributed by atoms with Crippen molar-refractivity contribution in [3.05, 3.63) is 24.3 Å². The minimum Gasteiger partial charge on any atom is -0.325 e. The zero-order valence-electron chi connectivity index (χ0n) is 13.4. The first-order valence-corrected chi connectivity index (χ1v) is 9.03. The number of rotatable bonds is 5. The third-order valence-electron chi connectivity index (χ3n) is 4.60. The molecule has 1 N–H and O–H groups in total. The molecule has 2 fully saturated rings. The highest BCUT2D eigenvalue weighted by Gasteiger charge is 2.48. The molecule has 5 nitrogen and oxygen atoms in total. The third-order valence-corrected chi connectivity index (χ3v) is 5.32. The van der Waals surface area contributed by atoms with Crippen molar-refractivity contribution in [1.29, 1.82) is 0 Å². The molecule has 0 aromatic heterocycles. The lowest BCUT2D eigenvalue weighted by atomic mass is 9.81. The molecule has 2 unspecified atom stereocenters. The highest BCUT2D eigenvalue weighted by Crippen LogP contribution is 2.37. The van der Waals surface area contributed by atoms with Crippen LogP contribution in [-0.4, -0.2) is 34.9 Å². The molecule has 2 atom stereocenters. The summed E-state index contributed by atoms with van der Waals surface area (Å²) in [5.74, 6) is -4.05. The van der Waals surface area contributed by atoms with E-state index >= 15 is 0 Å². The third kappa shape index (κ3) is 4.00. The number of fused-ring (bicyclic) bond motifs is 1. The van der Waals surface area contributed by atoms with Gasteiger partial charge in [0, 0.05) is 10.6 Å². The maximum atomic E-state index is 12.3. The number of likely N-dealkylation sites (tertiary alicyclic amines) is 1. The molecule has 0 bridgehead atoms. The number of hydrogen-bond acceptors (Lipinski definition) is 4. The van der Waals surface area contributed by atoms with Crippen molar-refractivity contribution >= 4 is 35.2 Å². The molecule has 3 rings (SSSR count). The molecular formula is C17H18F2N2O3S. The average molecular weight is 368 g/mol. The van der Waals surface area contributed by atoms with E-state index in [1.54, 1.807) is 0 Å². The van der Waals surface area contributed by atoms with Gasteiger partial charge in [-0.3, -0.25) is 19.3 Å². The summed E-state index contributed by atoms with van der Waals surface area (Å²) in [6.45, 7) is -0.307. The molecular weight excluding hydrogens is 350 g/mol. The molecule has 1 saturated carbocycles. The molecule has 1 aromatic carbocycles. The number of amides is 3. The summed E-state index contributed by atoms with van der Waals surface area (Å²) in [5, 5.41) is 2.59. The van der Waals surface area contributed by atoms with Crippen LogP contribution in [0.25, 0.3) is 0 Å². The zero-order valence-corrected chi connectivity index (χ0v) is 14.2. The lowest BCUT2D eigenvalue weighted by Crippen LogP contribution is -2.38. The number of carbonyl (C=O) groups excluding carboxylic acids is 3. The Balaban J connectivity index is 1.59. The minimum atomic E-state index is -2.50. The van der Waals surface area contributed by atoms with E-state index in [1.807, 2.05) is 0 Å². The van der Waals surface area contributed by atoms with Gasteiger partial charge in [-0.2, -0.15) is 8.78 Å². The Morgan fingerprint density at radius 2 is 1.68 bits per heavy atom. The first-order valence-electron chi connectivity index (χ1n) is 8.15. The second-order valence-electron chi connectivity index (χ2n) is 6.21. The minimum absolute atomic E-state index is 0.256. The number of benzene rings is 1. The molecule has 1 aliphatic heterocycles. The molecule has 8 heteroatoms. The molecule has 1 aliphatic carbocycles. The maximum absolute atomic E-state index is 12.3. The van der Waals surface area contributed by atoms with E-state index in [1.165, 1.54) is 24.3 Å². The van der Waals surface area contributed by atoms with Gasteiger partial charge in [0.25, 0.3) is 5.76 Å². The lowest BCUT2D eigenvalue weighted by Gasteiger charge is -2.19. The van der Waals surface area contributed by atoms with Crippen molar-refractivity contribution in [3.63, 3.8) is 0 Å². The van der Waals surface area contributed by atoms with E-state index in [-0.39, 0.29) is 30.2 Å². The maximum Gasteiger partial charge on any atom is 0.288 e. The Kier molecular flexibility index (Phi) is 5.36. The van der Waals surface area contributed by atoms with Crippen molar-refractivity contribution < 1.29 is 23.2 Å². The number of imide groups is 1. The number of alkyl halides is 2. The molecule has 1 heterocycles. The molecule has 2 aliphatic rings. The van der Waals surface area contributed by atoms with Gasteiger partial charge >= 0.3 is 0 Å². The van der Waals surface area contributed by atoms with Crippen LogP contribution in [0.4, 0.5) is 14.5 Å². The van der Waals surface area contributed by atoms with Crippen molar-refractivity contribution in [2.45, 2.75) is 36.3 Å². The number of halogens is 2. The fourth-order valence-corrected chi connectivity index (χ4v) is 3.95. The van der Waals surface area contributed by atoms with Gasteiger partial charge in [0.05, 0.1) is 11.8 Å². The van der Waals surface area contributed by atoms with Gasteiger partial charge < -0.3 is 5.32 Å². The summed E-state index contributed by atoms with van der Waals surface area (Å²) in [6.07, 6.45) is 3.28. The van der Waals surface area contributed by atoms with Crippen LogP contribution in [0, 0.1) is 11.8 Å². The SMILES string of the molecule is O=C(CN1C(=O)C2CCCCC2C1=O)Nc1ccc(SC(F)F)cc1. The Labute approximate surface area is 148 Å². The number of hydrogen-bond donors (Lipinski definition) is 1. The molecule has 0 radical (unpaired) electrons. The molecule has 25 heavy (non-hydrogen) atoms. The number of anilines is 1. The zero-order chi connectivity index (χ0) is 18.0. The Bertz CT molecular complexity index is 657. The molecule has 134 valence electrons. The van der Waals surface area contributed by atoms with Crippen LogP contribution in [0.15, 0.2) is 29.2 Å². The van der Waals surface area contributed by atoms with Gasteiger partial charge in [0.15, 0.2) is 0 Å². The smallest absolute Gasteiger partial charge is 0.288 e. The van der Waals surface area contributed by atoms with E-state index in [9.17, 15) is 23.2 Å². The number of nitrogens with one attached hydrogen (secondary N) is 1. The largest absolute Gasteiger partial charge is 0.325 e. The van der Waals surface area contributed by atoms with Gasteiger partial charge in [-0.25, -0.2) is 0 Å². The molecule has 0 spiro atoms. The number of carbonyl (C=O) groups is 3. The summed E-state index contributed by atoms with van der Waals surface area (Å²) in [4.78, 5) is 38.3. The van der Waals surface area contributed by atoms with Gasteiger partial charge in [0.1, 0.15) is 6.54 Å². The highest BCUT2D eigenvalue weighted by atomic mass is 32.2. The van der Waals surface area contributed by atoms with Crippen molar-refractivity contribution in [1.82, 2.24) is 4.90 Å². The Hall–Kier alpha value is -1.96. The van der Waals surface area contributed by atoms with Gasteiger partial charge in [-0.15, -0.1) is 0 Å². The van der Waals surface area contributed by atoms with E-state index in [2.05, 4.69) is 5.32 Å². The van der Waals surface area contributed by atoms with E-state index in [4.69, 9.17) is 0 Å². The van der Waals surface area contributed by atoms with E-state index in [0.29, 0.717) is 35.2 Å². The molecule has 3 amide bonds. The first-order chi connectivity index (χ1) is 12.0. The Morgan fingerprint density at radius 1 is 1.12 bits per heavy atom.